The maximum atomic E-state index is 12.9. The topological polar surface area (TPSA) is 80.8 Å². The minimum Gasteiger partial charge on any atom is -0.496 e. The minimum absolute atomic E-state index is 0.136. The van der Waals surface area contributed by atoms with Gasteiger partial charge >= 0.3 is 0 Å². The van der Waals surface area contributed by atoms with E-state index >= 15 is 0 Å². The zero-order chi connectivity index (χ0) is 22.0. The Morgan fingerprint density at radius 1 is 1.16 bits per heavy atom. The monoisotopic (exact) mass is 437 g/mol. The summed E-state index contributed by atoms with van der Waals surface area (Å²) in [7, 11) is 3.02. The van der Waals surface area contributed by atoms with Crippen LogP contribution in [0, 0.1) is 0 Å². The fraction of sp³-hybridized carbons (Fsp3) is 0.261. The molecule has 2 aromatic carbocycles. The highest BCUT2D eigenvalue weighted by Gasteiger charge is 2.24. The third-order valence-corrected chi connectivity index (χ3v) is 6.01. The van der Waals surface area contributed by atoms with Gasteiger partial charge in [0.2, 0.25) is 5.91 Å². The summed E-state index contributed by atoms with van der Waals surface area (Å²) < 4.78 is 10.6. The molecule has 1 aromatic heterocycles. The van der Waals surface area contributed by atoms with Gasteiger partial charge in [-0.3, -0.25) is 14.9 Å². The molecular formula is C23H23N3O4S. The molecule has 0 bridgehead atoms. The number of fused-ring (bicyclic) bond motifs is 1. The van der Waals surface area contributed by atoms with E-state index in [4.69, 9.17) is 9.47 Å². The largest absolute Gasteiger partial charge is 0.496 e. The smallest absolute Gasteiger partial charge is 0.265 e. The molecule has 1 N–H and O–H groups in total. The van der Waals surface area contributed by atoms with E-state index in [2.05, 4.69) is 16.4 Å². The normalized spacial score (nSPS) is 12.4. The summed E-state index contributed by atoms with van der Waals surface area (Å²) in [6.07, 6.45) is 1.32. The summed E-state index contributed by atoms with van der Waals surface area (Å²) >= 11 is 1.35. The van der Waals surface area contributed by atoms with Crippen molar-refractivity contribution >= 4 is 34.0 Å². The summed E-state index contributed by atoms with van der Waals surface area (Å²) in [6, 6.07) is 11.2. The van der Waals surface area contributed by atoms with E-state index in [1.807, 2.05) is 29.3 Å². The Labute approximate surface area is 184 Å². The first-order valence-electron chi connectivity index (χ1n) is 9.97. The van der Waals surface area contributed by atoms with Crippen molar-refractivity contribution in [3.8, 4) is 22.8 Å². The van der Waals surface area contributed by atoms with E-state index in [9.17, 15) is 9.59 Å². The summed E-state index contributed by atoms with van der Waals surface area (Å²) in [5.41, 5.74) is 4.16. The van der Waals surface area contributed by atoms with E-state index in [-0.39, 0.29) is 11.8 Å². The van der Waals surface area contributed by atoms with E-state index in [1.165, 1.54) is 25.6 Å². The quantitative estimate of drug-likeness (QED) is 0.619. The Balaban J connectivity index is 1.55. The van der Waals surface area contributed by atoms with Crippen LogP contribution in [0.2, 0.25) is 0 Å². The number of carbonyl (C=O) groups excluding carboxylic acids is 2. The van der Waals surface area contributed by atoms with Crippen molar-refractivity contribution < 1.29 is 19.1 Å². The van der Waals surface area contributed by atoms with Gasteiger partial charge in [0.25, 0.3) is 5.91 Å². The van der Waals surface area contributed by atoms with Crippen molar-refractivity contribution in [1.29, 1.82) is 0 Å². The lowest BCUT2D eigenvalue weighted by Gasteiger charge is -2.16. The average molecular weight is 438 g/mol. The maximum absolute atomic E-state index is 12.9. The van der Waals surface area contributed by atoms with Crippen molar-refractivity contribution in [3.05, 3.63) is 52.9 Å². The molecule has 160 valence electrons. The SMILES string of the molecule is CCC(=O)N1CCc2cc(-c3csc(NC(=O)c4c(OC)cccc4OC)n3)ccc21. The highest BCUT2D eigenvalue weighted by molar-refractivity contribution is 7.14. The molecule has 2 heterocycles. The van der Waals surface area contributed by atoms with Crippen LogP contribution in [0.4, 0.5) is 10.8 Å². The molecule has 1 aliphatic heterocycles. The van der Waals surface area contributed by atoms with Crippen LogP contribution in [0.1, 0.15) is 29.3 Å². The third kappa shape index (κ3) is 3.98. The van der Waals surface area contributed by atoms with Crippen molar-refractivity contribution in [1.82, 2.24) is 4.98 Å². The van der Waals surface area contributed by atoms with Crippen LogP contribution >= 0.6 is 11.3 Å². The first kappa shape index (κ1) is 20.9. The molecule has 2 amide bonds. The van der Waals surface area contributed by atoms with Crippen LogP contribution in [-0.4, -0.2) is 37.6 Å². The molecule has 1 aliphatic rings. The lowest BCUT2D eigenvalue weighted by atomic mass is 10.1. The second-order valence-electron chi connectivity index (χ2n) is 7.02. The third-order valence-electron chi connectivity index (χ3n) is 5.25. The molecule has 7 nitrogen and oxygen atoms in total. The van der Waals surface area contributed by atoms with Gasteiger partial charge in [0.1, 0.15) is 17.1 Å². The van der Waals surface area contributed by atoms with Crippen molar-refractivity contribution in [3.63, 3.8) is 0 Å². The molecule has 0 aliphatic carbocycles. The Morgan fingerprint density at radius 2 is 1.90 bits per heavy atom. The predicted octanol–water partition coefficient (Wildman–Crippen LogP) is 4.38. The average Bonchev–Trinajstić information content (AvgIpc) is 3.44. The number of carbonyl (C=O) groups is 2. The van der Waals surface area contributed by atoms with Crippen LogP contribution in [-0.2, 0) is 11.2 Å². The number of rotatable bonds is 6. The van der Waals surface area contributed by atoms with Crippen molar-refractivity contribution in [2.45, 2.75) is 19.8 Å². The zero-order valence-corrected chi connectivity index (χ0v) is 18.4. The summed E-state index contributed by atoms with van der Waals surface area (Å²) in [5, 5.41) is 5.22. The molecule has 0 atom stereocenters. The number of benzene rings is 2. The predicted molar refractivity (Wildman–Crippen MR) is 121 cm³/mol. The lowest BCUT2D eigenvalue weighted by Crippen LogP contribution is -2.27. The maximum Gasteiger partial charge on any atom is 0.265 e. The first-order chi connectivity index (χ1) is 15.0. The molecule has 0 fully saturated rings. The van der Waals surface area contributed by atoms with E-state index in [0.29, 0.717) is 35.2 Å². The van der Waals surface area contributed by atoms with Crippen LogP contribution in [0.3, 0.4) is 0 Å². The molecule has 0 saturated heterocycles. The van der Waals surface area contributed by atoms with Crippen LogP contribution in [0.5, 0.6) is 11.5 Å². The number of amides is 2. The standard InChI is InChI=1S/C23H23N3O4S/c1-4-20(27)26-11-10-15-12-14(8-9-17(15)26)16-13-31-23(24-16)25-22(28)21-18(29-2)6-5-7-19(21)30-3/h5-9,12-13H,4,10-11H2,1-3H3,(H,24,25,28). The second kappa shape index (κ2) is 8.77. The van der Waals surface area contributed by atoms with Gasteiger partial charge in [-0.25, -0.2) is 4.98 Å². The first-order valence-corrected chi connectivity index (χ1v) is 10.8. The molecule has 31 heavy (non-hydrogen) atoms. The Kier molecular flexibility index (Phi) is 5.90. The highest BCUT2D eigenvalue weighted by atomic mass is 32.1. The van der Waals surface area contributed by atoms with Gasteiger partial charge < -0.3 is 14.4 Å². The number of ether oxygens (including phenoxy) is 2. The highest BCUT2D eigenvalue weighted by Crippen LogP contribution is 2.34. The fourth-order valence-electron chi connectivity index (χ4n) is 3.71. The van der Waals surface area contributed by atoms with Crippen LogP contribution < -0.4 is 19.7 Å². The molecule has 0 spiro atoms. The van der Waals surface area contributed by atoms with Crippen molar-refractivity contribution in [2.75, 3.05) is 31.0 Å². The van der Waals surface area contributed by atoms with Gasteiger partial charge in [0, 0.05) is 29.6 Å². The number of methoxy groups -OCH3 is 2. The van der Waals surface area contributed by atoms with Crippen LogP contribution in [0.25, 0.3) is 11.3 Å². The molecule has 0 radical (unpaired) electrons. The fourth-order valence-corrected chi connectivity index (χ4v) is 4.42. The Morgan fingerprint density at radius 3 is 2.58 bits per heavy atom. The number of thiazole rings is 1. The lowest BCUT2D eigenvalue weighted by molar-refractivity contribution is -0.118. The number of nitrogens with one attached hydrogen (secondary N) is 1. The number of anilines is 2. The van der Waals surface area contributed by atoms with Crippen LogP contribution in [0.15, 0.2) is 41.8 Å². The molecule has 3 aromatic rings. The van der Waals surface area contributed by atoms with Gasteiger partial charge in [0.15, 0.2) is 5.13 Å². The van der Waals surface area contributed by atoms with Gasteiger partial charge in [-0.1, -0.05) is 19.1 Å². The van der Waals surface area contributed by atoms with Crippen molar-refractivity contribution in [2.24, 2.45) is 0 Å². The second-order valence-corrected chi connectivity index (χ2v) is 7.88. The van der Waals surface area contributed by atoms with E-state index in [0.717, 1.165) is 28.9 Å². The van der Waals surface area contributed by atoms with Gasteiger partial charge in [-0.2, -0.15) is 0 Å². The number of hydrogen-bond donors (Lipinski definition) is 1. The summed E-state index contributed by atoms with van der Waals surface area (Å²) in [5.74, 6) is 0.645. The van der Waals surface area contributed by atoms with E-state index in [1.54, 1.807) is 18.2 Å². The summed E-state index contributed by atoms with van der Waals surface area (Å²) in [6.45, 7) is 2.59. The number of aromatic nitrogens is 1. The zero-order valence-electron chi connectivity index (χ0n) is 17.6. The Hall–Kier alpha value is -3.39. The van der Waals surface area contributed by atoms with Gasteiger partial charge in [0.05, 0.1) is 19.9 Å². The van der Waals surface area contributed by atoms with E-state index < -0.39 is 0 Å². The molecule has 8 heteroatoms. The van der Waals surface area contributed by atoms with Gasteiger partial charge in [-0.05, 0) is 36.2 Å². The minimum atomic E-state index is -0.349. The molecular weight excluding hydrogens is 414 g/mol. The molecule has 0 unspecified atom stereocenters. The Bertz CT molecular complexity index is 1120. The molecule has 4 rings (SSSR count). The number of nitrogens with zero attached hydrogens (tertiary/aromatic N) is 2. The molecule has 0 saturated carbocycles. The number of hydrogen-bond acceptors (Lipinski definition) is 6. The van der Waals surface area contributed by atoms with Gasteiger partial charge in [-0.15, -0.1) is 11.3 Å². The summed E-state index contributed by atoms with van der Waals surface area (Å²) in [4.78, 5) is 31.4.